The number of ether oxygens (including phenoxy) is 2. The van der Waals surface area contributed by atoms with Gasteiger partial charge in [0.2, 0.25) is 5.91 Å². The van der Waals surface area contributed by atoms with Crippen LogP contribution >= 0.6 is 0 Å². The average Bonchev–Trinajstić information content (AvgIpc) is 2.82. The average molecular weight is 305 g/mol. The summed E-state index contributed by atoms with van der Waals surface area (Å²) in [5.74, 6) is 1.54. The third kappa shape index (κ3) is 3.37. The smallest absolute Gasteiger partial charge is 0.232 e. The van der Waals surface area contributed by atoms with Crippen LogP contribution in [0, 0.1) is 0 Å². The number of amides is 1. The summed E-state index contributed by atoms with van der Waals surface area (Å²) in [5.41, 5.74) is 0.392. The summed E-state index contributed by atoms with van der Waals surface area (Å²) in [5, 5.41) is 0. The Hall–Kier alpha value is -1.71. The molecule has 0 radical (unpaired) electrons. The lowest BCUT2D eigenvalue weighted by molar-refractivity contribution is -0.136. The SMILES string of the molecule is COc1ccc(C(C)(C)C(=O)N2CCCCCC2)cc1OC. The van der Waals surface area contributed by atoms with Crippen molar-refractivity contribution in [1.29, 1.82) is 0 Å². The second-order valence-corrected chi connectivity index (χ2v) is 6.40. The summed E-state index contributed by atoms with van der Waals surface area (Å²) in [7, 11) is 3.23. The number of carbonyl (C=O) groups excluding carboxylic acids is 1. The number of rotatable bonds is 4. The molecular formula is C18H27NO3. The molecule has 0 bridgehead atoms. The number of likely N-dealkylation sites (tertiary alicyclic amines) is 1. The highest BCUT2D eigenvalue weighted by molar-refractivity contribution is 5.87. The summed E-state index contributed by atoms with van der Waals surface area (Å²) < 4.78 is 10.6. The number of hydrogen-bond donors (Lipinski definition) is 0. The topological polar surface area (TPSA) is 38.8 Å². The van der Waals surface area contributed by atoms with Gasteiger partial charge in [-0.2, -0.15) is 0 Å². The summed E-state index contributed by atoms with van der Waals surface area (Å²) in [6.07, 6.45) is 4.66. The first-order valence-corrected chi connectivity index (χ1v) is 8.02. The Labute approximate surface area is 133 Å². The lowest BCUT2D eigenvalue weighted by Gasteiger charge is -2.32. The van der Waals surface area contributed by atoms with Crippen molar-refractivity contribution in [1.82, 2.24) is 4.90 Å². The Morgan fingerprint density at radius 2 is 1.59 bits per heavy atom. The molecule has 1 aliphatic heterocycles. The first-order valence-electron chi connectivity index (χ1n) is 8.02. The molecule has 0 aromatic heterocycles. The third-order valence-corrected chi connectivity index (χ3v) is 4.53. The number of benzene rings is 1. The van der Waals surface area contributed by atoms with Crippen LogP contribution in [0.4, 0.5) is 0 Å². The van der Waals surface area contributed by atoms with Gasteiger partial charge in [-0.3, -0.25) is 4.79 Å². The van der Waals surface area contributed by atoms with Crippen LogP contribution in [0.25, 0.3) is 0 Å². The Kier molecular flexibility index (Phi) is 5.33. The lowest BCUT2D eigenvalue weighted by Crippen LogP contribution is -2.43. The first kappa shape index (κ1) is 16.7. The van der Waals surface area contributed by atoms with E-state index in [1.807, 2.05) is 36.9 Å². The molecule has 0 unspecified atom stereocenters. The second kappa shape index (κ2) is 7.03. The Morgan fingerprint density at radius 3 is 2.14 bits per heavy atom. The minimum absolute atomic E-state index is 0.196. The minimum atomic E-state index is -0.566. The molecule has 0 saturated carbocycles. The van der Waals surface area contributed by atoms with E-state index in [-0.39, 0.29) is 5.91 Å². The van der Waals surface area contributed by atoms with Crippen molar-refractivity contribution in [2.45, 2.75) is 44.9 Å². The van der Waals surface area contributed by atoms with Gasteiger partial charge in [-0.05, 0) is 44.4 Å². The molecule has 4 nitrogen and oxygen atoms in total. The van der Waals surface area contributed by atoms with Crippen LogP contribution in [0.5, 0.6) is 11.5 Å². The summed E-state index contributed by atoms with van der Waals surface area (Å²) in [6.45, 7) is 5.72. The van der Waals surface area contributed by atoms with Gasteiger partial charge < -0.3 is 14.4 Å². The minimum Gasteiger partial charge on any atom is -0.493 e. The molecule has 22 heavy (non-hydrogen) atoms. The van der Waals surface area contributed by atoms with E-state index in [2.05, 4.69) is 0 Å². The zero-order valence-corrected chi connectivity index (χ0v) is 14.1. The fourth-order valence-electron chi connectivity index (χ4n) is 3.02. The fraction of sp³-hybridized carbons (Fsp3) is 0.611. The van der Waals surface area contributed by atoms with Crippen LogP contribution in [0.3, 0.4) is 0 Å². The lowest BCUT2D eigenvalue weighted by atomic mass is 9.83. The van der Waals surface area contributed by atoms with Gasteiger partial charge >= 0.3 is 0 Å². The van der Waals surface area contributed by atoms with Crippen molar-refractivity contribution < 1.29 is 14.3 Å². The Balaban J connectivity index is 2.26. The molecular weight excluding hydrogens is 278 g/mol. The Morgan fingerprint density at radius 1 is 1.00 bits per heavy atom. The van der Waals surface area contributed by atoms with Crippen molar-refractivity contribution >= 4 is 5.91 Å². The van der Waals surface area contributed by atoms with Gasteiger partial charge in [0, 0.05) is 13.1 Å². The quantitative estimate of drug-likeness (QED) is 0.856. The molecule has 0 N–H and O–H groups in total. The van der Waals surface area contributed by atoms with Gasteiger partial charge in [0.1, 0.15) is 0 Å². The maximum Gasteiger partial charge on any atom is 0.232 e. The van der Waals surface area contributed by atoms with Crippen LogP contribution < -0.4 is 9.47 Å². The Bertz CT molecular complexity index is 517. The highest BCUT2D eigenvalue weighted by Crippen LogP contribution is 2.34. The van der Waals surface area contributed by atoms with Crippen molar-refractivity contribution in [3.8, 4) is 11.5 Å². The third-order valence-electron chi connectivity index (χ3n) is 4.53. The van der Waals surface area contributed by atoms with Gasteiger partial charge in [0.25, 0.3) is 0 Å². The van der Waals surface area contributed by atoms with Crippen LogP contribution in [0.15, 0.2) is 18.2 Å². The van der Waals surface area contributed by atoms with Crippen LogP contribution in [0.2, 0.25) is 0 Å². The van der Waals surface area contributed by atoms with E-state index in [0.717, 1.165) is 31.5 Å². The van der Waals surface area contributed by atoms with E-state index in [1.165, 1.54) is 12.8 Å². The maximum absolute atomic E-state index is 13.0. The molecule has 122 valence electrons. The highest BCUT2D eigenvalue weighted by atomic mass is 16.5. The van der Waals surface area contributed by atoms with E-state index in [1.54, 1.807) is 14.2 Å². The monoisotopic (exact) mass is 305 g/mol. The molecule has 1 fully saturated rings. The summed E-state index contributed by atoms with van der Waals surface area (Å²) in [4.78, 5) is 15.0. The number of carbonyl (C=O) groups is 1. The van der Waals surface area contributed by atoms with Gasteiger partial charge in [-0.15, -0.1) is 0 Å². The van der Waals surface area contributed by atoms with Gasteiger partial charge in [-0.1, -0.05) is 18.9 Å². The molecule has 1 aromatic rings. The largest absolute Gasteiger partial charge is 0.493 e. The van der Waals surface area contributed by atoms with Crippen molar-refractivity contribution in [2.75, 3.05) is 27.3 Å². The second-order valence-electron chi connectivity index (χ2n) is 6.40. The van der Waals surface area contributed by atoms with Crippen molar-refractivity contribution in [3.05, 3.63) is 23.8 Å². The summed E-state index contributed by atoms with van der Waals surface area (Å²) in [6, 6.07) is 5.73. The molecule has 1 amide bonds. The molecule has 1 saturated heterocycles. The molecule has 0 atom stereocenters. The van der Waals surface area contributed by atoms with Crippen LogP contribution in [-0.2, 0) is 10.2 Å². The van der Waals surface area contributed by atoms with E-state index < -0.39 is 5.41 Å². The van der Waals surface area contributed by atoms with Crippen molar-refractivity contribution in [2.24, 2.45) is 0 Å². The van der Waals surface area contributed by atoms with E-state index in [0.29, 0.717) is 11.5 Å². The fourth-order valence-corrected chi connectivity index (χ4v) is 3.02. The first-order chi connectivity index (χ1) is 10.5. The normalized spacial score (nSPS) is 16.1. The van der Waals surface area contributed by atoms with Gasteiger partial charge in [0.15, 0.2) is 11.5 Å². The predicted octanol–water partition coefficient (Wildman–Crippen LogP) is 3.38. The molecule has 1 aromatic carbocycles. The highest BCUT2D eigenvalue weighted by Gasteiger charge is 2.34. The zero-order chi connectivity index (χ0) is 16.2. The van der Waals surface area contributed by atoms with Crippen molar-refractivity contribution in [3.63, 3.8) is 0 Å². The molecule has 0 aliphatic carbocycles. The molecule has 1 aliphatic rings. The van der Waals surface area contributed by atoms with E-state index >= 15 is 0 Å². The van der Waals surface area contributed by atoms with Crippen LogP contribution in [-0.4, -0.2) is 38.1 Å². The van der Waals surface area contributed by atoms with Crippen LogP contribution in [0.1, 0.15) is 45.1 Å². The number of nitrogens with zero attached hydrogens (tertiary/aromatic N) is 1. The molecule has 2 rings (SSSR count). The predicted molar refractivity (Wildman–Crippen MR) is 87.6 cm³/mol. The number of hydrogen-bond acceptors (Lipinski definition) is 3. The zero-order valence-electron chi connectivity index (χ0n) is 14.1. The number of methoxy groups -OCH3 is 2. The van der Waals surface area contributed by atoms with Gasteiger partial charge in [0.05, 0.1) is 19.6 Å². The summed E-state index contributed by atoms with van der Waals surface area (Å²) >= 11 is 0. The van der Waals surface area contributed by atoms with E-state index in [9.17, 15) is 4.79 Å². The standard InChI is InChI=1S/C18H27NO3/c1-18(2,17(20)19-11-7-5-6-8-12-19)14-9-10-15(21-3)16(13-14)22-4/h9-10,13H,5-8,11-12H2,1-4H3. The molecule has 0 spiro atoms. The van der Waals surface area contributed by atoms with E-state index in [4.69, 9.17) is 9.47 Å². The molecule has 4 heteroatoms. The molecule has 1 heterocycles. The van der Waals surface area contributed by atoms with Gasteiger partial charge in [-0.25, -0.2) is 0 Å². The maximum atomic E-state index is 13.0.